The zero-order valence-corrected chi connectivity index (χ0v) is 14.2. The molecule has 1 heterocycles. The van der Waals surface area contributed by atoms with Crippen LogP contribution in [-0.2, 0) is 4.74 Å². The number of carbonyl (C=O) groups is 1. The summed E-state index contributed by atoms with van der Waals surface area (Å²) in [6.07, 6.45) is 2.15. The van der Waals surface area contributed by atoms with Gasteiger partial charge in [-0.25, -0.2) is 0 Å². The van der Waals surface area contributed by atoms with E-state index in [-0.39, 0.29) is 5.91 Å². The number of amides is 1. The van der Waals surface area contributed by atoms with Crippen molar-refractivity contribution >= 4 is 48.9 Å². The number of hydrogen-bond acceptors (Lipinski definition) is 4. The van der Waals surface area contributed by atoms with E-state index in [2.05, 4.69) is 15.9 Å². The highest BCUT2D eigenvalue weighted by Crippen LogP contribution is 2.37. The Bertz CT molecular complexity index is 682. The molecule has 0 spiro atoms. The average Bonchev–Trinajstić information content (AvgIpc) is 3.25. The van der Waals surface area contributed by atoms with Crippen LogP contribution in [0, 0.1) is 0 Å². The van der Waals surface area contributed by atoms with Crippen LogP contribution in [0.5, 0.6) is 0 Å². The molecule has 6 heteroatoms. The van der Waals surface area contributed by atoms with Crippen LogP contribution in [0.3, 0.4) is 0 Å². The Labute approximate surface area is 136 Å². The van der Waals surface area contributed by atoms with E-state index < -0.39 is 0 Å². The maximum absolute atomic E-state index is 12.8. The highest BCUT2D eigenvalue weighted by Gasteiger charge is 2.34. The van der Waals surface area contributed by atoms with Gasteiger partial charge in [0.1, 0.15) is 4.88 Å². The van der Waals surface area contributed by atoms with Gasteiger partial charge in [-0.1, -0.05) is 15.9 Å². The summed E-state index contributed by atoms with van der Waals surface area (Å²) in [6, 6.07) is 6.28. The zero-order chi connectivity index (χ0) is 15.0. The van der Waals surface area contributed by atoms with Gasteiger partial charge in [0.05, 0.1) is 12.3 Å². The lowest BCUT2D eigenvalue weighted by atomic mass is 10.2. The number of hydrogen-bond donors (Lipinski definition) is 1. The van der Waals surface area contributed by atoms with Gasteiger partial charge in [0.2, 0.25) is 0 Å². The van der Waals surface area contributed by atoms with Gasteiger partial charge in [-0.05, 0) is 31.0 Å². The molecule has 1 fully saturated rings. The normalized spacial score (nSPS) is 14.6. The summed E-state index contributed by atoms with van der Waals surface area (Å²) in [5.74, 6) is 0.0318. The summed E-state index contributed by atoms with van der Waals surface area (Å²) < 4.78 is 7.13. The smallest absolute Gasteiger partial charge is 0.266 e. The fourth-order valence-corrected chi connectivity index (χ4v) is 3.82. The predicted octanol–water partition coefficient (Wildman–Crippen LogP) is 3.50. The van der Waals surface area contributed by atoms with Crippen LogP contribution in [0.25, 0.3) is 10.1 Å². The van der Waals surface area contributed by atoms with Crippen LogP contribution < -0.4 is 5.73 Å². The maximum Gasteiger partial charge on any atom is 0.266 e. The van der Waals surface area contributed by atoms with E-state index in [1.54, 1.807) is 7.11 Å². The van der Waals surface area contributed by atoms with Crippen molar-refractivity contribution in [3.8, 4) is 0 Å². The van der Waals surface area contributed by atoms with Gasteiger partial charge in [0.25, 0.3) is 5.91 Å². The Morgan fingerprint density at radius 3 is 2.95 bits per heavy atom. The van der Waals surface area contributed by atoms with Crippen LogP contribution in [-0.4, -0.2) is 37.1 Å². The van der Waals surface area contributed by atoms with Crippen LogP contribution in [0.4, 0.5) is 5.69 Å². The summed E-state index contributed by atoms with van der Waals surface area (Å²) in [7, 11) is 1.65. The minimum absolute atomic E-state index is 0.0318. The molecule has 0 bridgehead atoms. The van der Waals surface area contributed by atoms with Gasteiger partial charge in [-0.15, -0.1) is 11.3 Å². The number of benzene rings is 1. The third-order valence-corrected chi connectivity index (χ3v) is 5.34. The van der Waals surface area contributed by atoms with E-state index in [1.165, 1.54) is 11.3 Å². The van der Waals surface area contributed by atoms with E-state index >= 15 is 0 Å². The first-order valence-corrected chi connectivity index (χ1v) is 8.50. The first kappa shape index (κ1) is 14.8. The molecule has 2 N–H and O–H groups in total. The van der Waals surface area contributed by atoms with Crippen molar-refractivity contribution in [3.63, 3.8) is 0 Å². The van der Waals surface area contributed by atoms with Gasteiger partial charge in [-0.3, -0.25) is 4.79 Å². The van der Waals surface area contributed by atoms with Gasteiger partial charge in [0, 0.05) is 34.3 Å². The molecule has 0 saturated heterocycles. The molecular weight excluding hydrogens is 352 g/mol. The number of nitrogens with zero attached hydrogens (tertiary/aromatic N) is 1. The fourth-order valence-electron chi connectivity index (χ4n) is 2.40. The Hall–Kier alpha value is -1.11. The van der Waals surface area contributed by atoms with Crippen LogP contribution in [0.1, 0.15) is 22.5 Å². The largest absolute Gasteiger partial charge is 0.397 e. The van der Waals surface area contributed by atoms with Crippen LogP contribution in [0.2, 0.25) is 0 Å². The number of nitrogens with two attached hydrogens (primary N) is 1. The lowest BCUT2D eigenvalue weighted by molar-refractivity contribution is 0.0686. The lowest BCUT2D eigenvalue weighted by Gasteiger charge is -2.21. The Morgan fingerprint density at radius 1 is 1.52 bits per heavy atom. The predicted molar refractivity (Wildman–Crippen MR) is 89.9 cm³/mol. The number of fused-ring (bicyclic) bond motifs is 1. The second kappa shape index (κ2) is 5.94. The number of methoxy groups -OCH3 is 1. The summed E-state index contributed by atoms with van der Waals surface area (Å²) >= 11 is 4.92. The number of nitrogen functional groups attached to an aromatic ring is 1. The highest BCUT2D eigenvalue weighted by atomic mass is 79.9. The number of anilines is 1. The summed E-state index contributed by atoms with van der Waals surface area (Å²) in [4.78, 5) is 15.3. The molecule has 21 heavy (non-hydrogen) atoms. The topological polar surface area (TPSA) is 55.6 Å². The monoisotopic (exact) mass is 368 g/mol. The van der Waals surface area contributed by atoms with Crippen molar-refractivity contribution in [2.75, 3.05) is 26.0 Å². The van der Waals surface area contributed by atoms with E-state index in [4.69, 9.17) is 10.5 Å². The first-order valence-electron chi connectivity index (χ1n) is 6.89. The molecule has 0 radical (unpaired) electrons. The number of halogens is 1. The molecule has 0 aliphatic heterocycles. The van der Waals surface area contributed by atoms with Crippen molar-refractivity contribution in [1.82, 2.24) is 4.90 Å². The zero-order valence-electron chi connectivity index (χ0n) is 11.8. The fraction of sp³-hybridized carbons (Fsp3) is 0.400. The Morgan fingerprint density at radius 2 is 2.29 bits per heavy atom. The molecular formula is C15H17BrN2O2S. The minimum Gasteiger partial charge on any atom is -0.397 e. The molecule has 112 valence electrons. The SMILES string of the molecule is COCCN(C(=O)c1sc2ccc(Br)cc2c1N)C1CC1. The molecule has 3 rings (SSSR count). The molecule has 1 aromatic heterocycles. The molecule has 1 aliphatic carbocycles. The molecule has 0 atom stereocenters. The molecule has 2 aromatic rings. The van der Waals surface area contributed by atoms with Gasteiger partial charge in [-0.2, -0.15) is 0 Å². The van der Waals surface area contributed by atoms with Gasteiger partial charge < -0.3 is 15.4 Å². The highest BCUT2D eigenvalue weighted by molar-refractivity contribution is 9.10. The Balaban J connectivity index is 1.94. The summed E-state index contributed by atoms with van der Waals surface area (Å²) in [5, 5.41) is 0.945. The van der Waals surface area contributed by atoms with E-state index in [1.807, 2.05) is 23.1 Å². The standard InChI is InChI=1S/C15H17BrN2O2S/c1-20-7-6-18(10-3-4-10)15(19)14-13(17)11-8-9(16)2-5-12(11)21-14/h2,5,8,10H,3-4,6-7,17H2,1H3. The summed E-state index contributed by atoms with van der Waals surface area (Å²) in [5.41, 5.74) is 6.79. The molecule has 0 unspecified atom stereocenters. The molecule has 1 aromatic carbocycles. The number of ether oxygens (including phenoxy) is 1. The van der Waals surface area contributed by atoms with Crippen LogP contribution >= 0.6 is 27.3 Å². The lowest BCUT2D eigenvalue weighted by Crippen LogP contribution is -2.35. The molecule has 1 saturated carbocycles. The third kappa shape index (κ3) is 2.93. The quantitative estimate of drug-likeness (QED) is 0.878. The number of thiophene rings is 1. The summed E-state index contributed by atoms with van der Waals surface area (Å²) in [6.45, 7) is 1.18. The number of rotatable bonds is 5. The average molecular weight is 369 g/mol. The molecule has 1 aliphatic rings. The minimum atomic E-state index is 0.0318. The molecule has 4 nitrogen and oxygen atoms in total. The van der Waals surface area contributed by atoms with Crippen molar-refractivity contribution < 1.29 is 9.53 Å². The van der Waals surface area contributed by atoms with Crippen molar-refractivity contribution in [2.24, 2.45) is 0 Å². The second-order valence-electron chi connectivity index (χ2n) is 5.21. The van der Waals surface area contributed by atoms with Crippen LogP contribution in [0.15, 0.2) is 22.7 Å². The van der Waals surface area contributed by atoms with Crippen molar-refractivity contribution in [2.45, 2.75) is 18.9 Å². The van der Waals surface area contributed by atoms with E-state index in [0.717, 1.165) is 27.4 Å². The first-order chi connectivity index (χ1) is 10.1. The molecule has 1 amide bonds. The second-order valence-corrected chi connectivity index (χ2v) is 7.18. The van der Waals surface area contributed by atoms with E-state index in [9.17, 15) is 4.79 Å². The Kier molecular flexibility index (Phi) is 4.19. The van der Waals surface area contributed by atoms with Crippen molar-refractivity contribution in [3.05, 3.63) is 27.5 Å². The third-order valence-electron chi connectivity index (χ3n) is 3.67. The van der Waals surface area contributed by atoms with Gasteiger partial charge >= 0.3 is 0 Å². The number of carbonyl (C=O) groups excluding carboxylic acids is 1. The van der Waals surface area contributed by atoms with Crippen molar-refractivity contribution in [1.29, 1.82) is 0 Å². The maximum atomic E-state index is 12.8. The van der Waals surface area contributed by atoms with E-state index in [0.29, 0.717) is 29.8 Å². The van der Waals surface area contributed by atoms with Gasteiger partial charge in [0.15, 0.2) is 0 Å².